The highest BCUT2D eigenvalue weighted by Crippen LogP contribution is 2.29. The number of hydrogen-bond donors (Lipinski definition) is 0. The van der Waals surface area contributed by atoms with Crippen LogP contribution in [-0.2, 0) is 0 Å². The predicted molar refractivity (Wildman–Crippen MR) is 66.3 cm³/mol. The maximum atomic E-state index is 12.0. The lowest BCUT2D eigenvalue weighted by molar-refractivity contribution is -0.275. The molecule has 0 atom stereocenters. The summed E-state index contributed by atoms with van der Waals surface area (Å²) in [6.07, 6.45) is -9.59. The van der Waals surface area contributed by atoms with E-state index in [0.29, 0.717) is 0 Å². The Morgan fingerprint density at radius 3 is 1.00 bits per heavy atom. The topological polar surface area (TPSA) is 27.7 Å². The summed E-state index contributed by atoms with van der Waals surface area (Å²) < 4.78 is 84.6. The molecule has 0 spiro atoms. The van der Waals surface area contributed by atoms with E-state index in [4.69, 9.17) is 4.74 Å². The predicted octanol–water partition coefficient (Wildman–Crippen LogP) is 5.28. The third-order valence-corrected chi connectivity index (χ3v) is 2.35. The van der Waals surface area contributed by atoms with Crippen LogP contribution in [0.25, 0.3) is 0 Å². The Balaban J connectivity index is 1.99. The lowest BCUT2D eigenvalue weighted by atomic mass is 10.3. The molecule has 0 aromatic heterocycles. The van der Waals surface area contributed by atoms with Crippen LogP contribution in [0.4, 0.5) is 26.3 Å². The number of alkyl halides is 6. The van der Waals surface area contributed by atoms with Gasteiger partial charge in [0, 0.05) is 0 Å². The molecule has 0 aliphatic heterocycles. The zero-order valence-corrected chi connectivity index (χ0v) is 11.1. The zero-order valence-electron chi connectivity index (χ0n) is 11.1. The summed E-state index contributed by atoms with van der Waals surface area (Å²) in [7, 11) is 0. The molecular weight excluding hydrogens is 330 g/mol. The van der Waals surface area contributed by atoms with Crippen molar-refractivity contribution < 1.29 is 40.6 Å². The summed E-state index contributed by atoms with van der Waals surface area (Å²) in [4.78, 5) is 0. The largest absolute Gasteiger partial charge is 0.573 e. The van der Waals surface area contributed by atoms with Crippen LogP contribution in [-0.4, -0.2) is 12.7 Å². The second kappa shape index (κ2) is 6.27. The van der Waals surface area contributed by atoms with E-state index < -0.39 is 24.2 Å². The average Bonchev–Trinajstić information content (AvgIpc) is 2.40. The number of rotatable bonds is 4. The van der Waals surface area contributed by atoms with Crippen molar-refractivity contribution in [2.45, 2.75) is 12.7 Å². The molecule has 0 radical (unpaired) electrons. The van der Waals surface area contributed by atoms with Crippen LogP contribution in [0.15, 0.2) is 48.5 Å². The van der Waals surface area contributed by atoms with Crippen molar-refractivity contribution >= 4 is 0 Å². The molecule has 0 bridgehead atoms. The molecule has 0 N–H and O–H groups in total. The van der Waals surface area contributed by atoms with Gasteiger partial charge in [-0.3, -0.25) is 0 Å². The van der Waals surface area contributed by atoms with Crippen LogP contribution in [0.1, 0.15) is 0 Å². The van der Waals surface area contributed by atoms with Crippen LogP contribution in [0.3, 0.4) is 0 Å². The average molecular weight is 338 g/mol. The minimum atomic E-state index is -4.79. The zero-order chi connectivity index (χ0) is 17.1. The van der Waals surface area contributed by atoms with Gasteiger partial charge in [0.15, 0.2) is 0 Å². The second-order valence-corrected chi connectivity index (χ2v) is 4.14. The summed E-state index contributed by atoms with van der Waals surface area (Å²) in [5.41, 5.74) is 0. The molecule has 0 aliphatic rings. The molecule has 3 nitrogen and oxygen atoms in total. The van der Waals surface area contributed by atoms with E-state index in [1.807, 2.05) is 0 Å². The first-order valence-electron chi connectivity index (χ1n) is 6.00. The SMILES string of the molecule is FC(F)(F)Oc1ccc(Oc2ccc(OC(F)(F)F)cc2)cc1. The fourth-order valence-electron chi connectivity index (χ4n) is 1.55. The Bertz CT molecular complexity index is 574. The van der Waals surface area contributed by atoms with E-state index >= 15 is 0 Å². The summed E-state index contributed by atoms with van der Waals surface area (Å²) in [6.45, 7) is 0. The summed E-state index contributed by atoms with van der Waals surface area (Å²) >= 11 is 0. The van der Waals surface area contributed by atoms with E-state index in [-0.39, 0.29) is 11.5 Å². The van der Waals surface area contributed by atoms with E-state index in [0.717, 1.165) is 24.3 Å². The highest BCUT2D eigenvalue weighted by atomic mass is 19.4. The Labute approximate surface area is 126 Å². The molecule has 0 aliphatic carbocycles. The third kappa shape index (κ3) is 5.97. The van der Waals surface area contributed by atoms with Gasteiger partial charge in [-0.15, -0.1) is 26.3 Å². The fourth-order valence-corrected chi connectivity index (χ4v) is 1.55. The molecular formula is C14H8F6O3. The van der Waals surface area contributed by atoms with Gasteiger partial charge in [0.1, 0.15) is 23.0 Å². The summed E-state index contributed by atoms with van der Waals surface area (Å²) in [5.74, 6) is -0.467. The van der Waals surface area contributed by atoms with E-state index in [1.165, 1.54) is 24.3 Å². The number of ether oxygens (including phenoxy) is 3. The molecule has 2 aromatic carbocycles. The fraction of sp³-hybridized carbons (Fsp3) is 0.143. The van der Waals surface area contributed by atoms with Gasteiger partial charge in [0.25, 0.3) is 0 Å². The Hall–Kier alpha value is -2.58. The van der Waals surface area contributed by atoms with Gasteiger partial charge in [0.2, 0.25) is 0 Å². The number of hydrogen-bond acceptors (Lipinski definition) is 3. The highest BCUT2D eigenvalue weighted by molar-refractivity contribution is 5.37. The molecule has 23 heavy (non-hydrogen) atoms. The van der Waals surface area contributed by atoms with Crippen LogP contribution in [0, 0.1) is 0 Å². The highest BCUT2D eigenvalue weighted by Gasteiger charge is 2.31. The van der Waals surface area contributed by atoms with Gasteiger partial charge in [-0.25, -0.2) is 0 Å². The van der Waals surface area contributed by atoms with E-state index in [1.54, 1.807) is 0 Å². The molecule has 0 heterocycles. The van der Waals surface area contributed by atoms with Crippen molar-refractivity contribution in [3.05, 3.63) is 48.5 Å². The molecule has 0 fully saturated rings. The Morgan fingerprint density at radius 2 is 0.739 bits per heavy atom. The lowest BCUT2D eigenvalue weighted by Crippen LogP contribution is -2.17. The van der Waals surface area contributed by atoms with Gasteiger partial charge in [-0.05, 0) is 48.5 Å². The molecule has 0 saturated carbocycles. The monoisotopic (exact) mass is 338 g/mol. The van der Waals surface area contributed by atoms with Crippen LogP contribution >= 0.6 is 0 Å². The van der Waals surface area contributed by atoms with Crippen molar-refractivity contribution in [1.82, 2.24) is 0 Å². The van der Waals surface area contributed by atoms with Gasteiger partial charge >= 0.3 is 12.7 Å². The van der Waals surface area contributed by atoms with Gasteiger partial charge in [-0.1, -0.05) is 0 Å². The Morgan fingerprint density at radius 1 is 0.478 bits per heavy atom. The molecule has 2 rings (SSSR count). The molecule has 0 amide bonds. The number of benzene rings is 2. The molecule has 0 unspecified atom stereocenters. The first kappa shape index (κ1) is 16.8. The van der Waals surface area contributed by atoms with E-state index in [2.05, 4.69) is 9.47 Å². The van der Waals surface area contributed by atoms with Gasteiger partial charge < -0.3 is 14.2 Å². The van der Waals surface area contributed by atoms with Crippen molar-refractivity contribution in [2.24, 2.45) is 0 Å². The maximum Gasteiger partial charge on any atom is 0.573 e. The minimum absolute atomic E-state index is 0.184. The maximum absolute atomic E-state index is 12.0. The normalized spacial score (nSPS) is 11.9. The van der Waals surface area contributed by atoms with Crippen molar-refractivity contribution in [3.63, 3.8) is 0 Å². The van der Waals surface area contributed by atoms with Crippen molar-refractivity contribution in [2.75, 3.05) is 0 Å². The number of halogens is 6. The Kier molecular flexibility index (Phi) is 4.57. The minimum Gasteiger partial charge on any atom is -0.457 e. The van der Waals surface area contributed by atoms with Gasteiger partial charge in [-0.2, -0.15) is 0 Å². The quantitative estimate of drug-likeness (QED) is 0.710. The van der Waals surface area contributed by atoms with Crippen LogP contribution < -0.4 is 14.2 Å². The molecule has 124 valence electrons. The van der Waals surface area contributed by atoms with Crippen molar-refractivity contribution in [1.29, 1.82) is 0 Å². The molecule has 0 saturated heterocycles. The first-order valence-corrected chi connectivity index (χ1v) is 6.00. The lowest BCUT2D eigenvalue weighted by Gasteiger charge is -2.11. The van der Waals surface area contributed by atoms with Crippen LogP contribution in [0.2, 0.25) is 0 Å². The van der Waals surface area contributed by atoms with Gasteiger partial charge in [0.05, 0.1) is 0 Å². The third-order valence-electron chi connectivity index (χ3n) is 2.35. The van der Waals surface area contributed by atoms with Crippen LogP contribution in [0.5, 0.6) is 23.0 Å². The summed E-state index contributed by atoms with van der Waals surface area (Å²) in [6, 6.07) is 9.08. The smallest absolute Gasteiger partial charge is 0.457 e. The summed E-state index contributed by atoms with van der Waals surface area (Å²) in [5, 5.41) is 0. The van der Waals surface area contributed by atoms with E-state index in [9.17, 15) is 26.3 Å². The standard InChI is InChI=1S/C14H8F6O3/c15-13(16,17)22-11-5-1-9(2-6-11)21-10-3-7-12(8-4-10)23-14(18,19)20/h1-8H. The second-order valence-electron chi connectivity index (χ2n) is 4.14. The van der Waals surface area contributed by atoms with Crippen molar-refractivity contribution in [3.8, 4) is 23.0 Å². The molecule has 9 heteroatoms. The molecule has 2 aromatic rings. The first-order chi connectivity index (χ1) is 10.6.